The lowest BCUT2D eigenvalue weighted by atomic mass is 9.95. The van der Waals surface area contributed by atoms with Crippen LogP contribution in [0.1, 0.15) is 51.6 Å². The topological polar surface area (TPSA) is 46.3 Å². The minimum absolute atomic E-state index is 0.00647. The van der Waals surface area contributed by atoms with Crippen molar-refractivity contribution >= 4 is 11.6 Å². The Morgan fingerprint density at radius 1 is 1.29 bits per heavy atom. The van der Waals surface area contributed by atoms with Crippen LogP contribution < -0.4 is 4.90 Å². The molecule has 1 fully saturated rings. The van der Waals surface area contributed by atoms with E-state index in [9.17, 15) is 13.2 Å². The third kappa shape index (κ3) is 3.47. The lowest BCUT2D eigenvalue weighted by Crippen LogP contribution is -2.41. The Morgan fingerprint density at radius 2 is 2.08 bits per heavy atom. The van der Waals surface area contributed by atoms with Gasteiger partial charge in [0, 0.05) is 18.7 Å². The highest BCUT2D eigenvalue weighted by Gasteiger charge is 2.35. The van der Waals surface area contributed by atoms with Crippen LogP contribution >= 0.6 is 0 Å². The van der Waals surface area contributed by atoms with E-state index in [0.29, 0.717) is 11.7 Å². The van der Waals surface area contributed by atoms with E-state index in [-0.39, 0.29) is 11.8 Å². The molecule has 0 bridgehead atoms. The van der Waals surface area contributed by atoms with E-state index < -0.39 is 11.9 Å². The monoisotopic (exact) mass is 341 g/mol. The summed E-state index contributed by atoms with van der Waals surface area (Å²) in [7, 11) is 0. The maximum absolute atomic E-state index is 13.2. The average molecular weight is 341 g/mol. The van der Waals surface area contributed by atoms with Crippen LogP contribution in [0, 0.1) is 5.92 Å². The van der Waals surface area contributed by atoms with E-state index in [2.05, 4.69) is 33.8 Å². The zero-order chi connectivity index (χ0) is 17.3. The molecule has 8 heteroatoms. The number of piperidine rings is 1. The van der Waals surface area contributed by atoms with Crippen molar-refractivity contribution in [1.29, 1.82) is 0 Å². The molecule has 132 valence electrons. The van der Waals surface area contributed by atoms with E-state index >= 15 is 0 Å². The number of hydrogen-bond donors (Lipinski definition) is 0. The second-order valence-corrected chi connectivity index (χ2v) is 6.78. The zero-order valence-electron chi connectivity index (χ0n) is 13.9. The summed E-state index contributed by atoms with van der Waals surface area (Å²) < 4.78 is 41.0. The molecule has 0 N–H and O–H groups in total. The van der Waals surface area contributed by atoms with Gasteiger partial charge < -0.3 is 4.90 Å². The number of rotatable bonds is 4. The summed E-state index contributed by atoms with van der Waals surface area (Å²) in [5.74, 6) is 1.01. The van der Waals surface area contributed by atoms with Crippen LogP contribution in [0.5, 0.6) is 0 Å². The van der Waals surface area contributed by atoms with Gasteiger partial charge in [0.25, 0.3) is 5.78 Å². The van der Waals surface area contributed by atoms with Crippen molar-refractivity contribution in [3.63, 3.8) is 0 Å². The van der Waals surface area contributed by atoms with Crippen molar-refractivity contribution in [3.8, 4) is 0 Å². The first-order chi connectivity index (χ1) is 11.4. The van der Waals surface area contributed by atoms with Crippen LogP contribution in [0.3, 0.4) is 0 Å². The second-order valence-electron chi connectivity index (χ2n) is 6.78. The van der Waals surface area contributed by atoms with Crippen molar-refractivity contribution in [1.82, 2.24) is 19.6 Å². The molecule has 1 unspecified atom stereocenters. The fourth-order valence-corrected chi connectivity index (χ4v) is 3.27. The van der Waals surface area contributed by atoms with Crippen molar-refractivity contribution in [3.05, 3.63) is 18.1 Å². The Balaban J connectivity index is 2.00. The van der Waals surface area contributed by atoms with Gasteiger partial charge in [-0.15, -0.1) is 0 Å². The van der Waals surface area contributed by atoms with E-state index in [0.717, 1.165) is 44.7 Å². The molecule has 0 radical (unpaired) electrons. The molecule has 2 aromatic heterocycles. The summed E-state index contributed by atoms with van der Waals surface area (Å²) in [6, 6.07) is 1.34. The van der Waals surface area contributed by atoms with E-state index in [1.807, 2.05) is 0 Å². The van der Waals surface area contributed by atoms with Gasteiger partial charge in [0.15, 0.2) is 5.69 Å². The molecular weight excluding hydrogens is 319 g/mol. The van der Waals surface area contributed by atoms with E-state index in [1.54, 1.807) is 0 Å². The normalized spacial score (nSPS) is 19.4. The maximum Gasteiger partial charge on any atom is 0.433 e. The van der Waals surface area contributed by atoms with Gasteiger partial charge in [0.2, 0.25) is 0 Å². The van der Waals surface area contributed by atoms with Crippen molar-refractivity contribution < 1.29 is 13.2 Å². The molecule has 0 amide bonds. The van der Waals surface area contributed by atoms with Crippen LogP contribution in [0.4, 0.5) is 19.0 Å². The number of halogens is 3. The van der Waals surface area contributed by atoms with Crippen molar-refractivity contribution in [2.45, 2.75) is 58.2 Å². The molecule has 1 atom stereocenters. The third-order valence-electron chi connectivity index (χ3n) is 4.52. The second kappa shape index (κ2) is 6.57. The summed E-state index contributed by atoms with van der Waals surface area (Å²) in [6.45, 7) is 5.06. The first-order valence-corrected chi connectivity index (χ1v) is 8.41. The first kappa shape index (κ1) is 17.0. The van der Waals surface area contributed by atoms with Crippen LogP contribution in [0.25, 0.3) is 5.78 Å². The number of hydrogen-bond acceptors (Lipinski definition) is 4. The Kier molecular flexibility index (Phi) is 4.64. The van der Waals surface area contributed by atoms with E-state index in [1.165, 1.54) is 10.8 Å². The Hall–Kier alpha value is -1.86. The number of anilines is 1. The molecule has 24 heavy (non-hydrogen) atoms. The summed E-state index contributed by atoms with van der Waals surface area (Å²) in [4.78, 5) is 9.52. The molecular formula is C16H22F3N5. The predicted octanol–water partition coefficient (Wildman–Crippen LogP) is 3.94. The molecule has 2 aromatic rings. The first-order valence-electron chi connectivity index (χ1n) is 8.41. The fraction of sp³-hybridized carbons (Fsp3) is 0.688. The number of fused-ring (bicyclic) bond motifs is 1. The lowest BCUT2D eigenvalue weighted by molar-refractivity contribution is -0.141. The van der Waals surface area contributed by atoms with Crippen molar-refractivity contribution in [2.24, 2.45) is 5.92 Å². The van der Waals surface area contributed by atoms with Crippen LogP contribution in [0.2, 0.25) is 0 Å². The van der Waals surface area contributed by atoms with Crippen LogP contribution in [0.15, 0.2) is 12.4 Å². The van der Waals surface area contributed by atoms with Gasteiger partial charge in [-0.2, -0.15) is 27.8 Å². The van der Waals surface area contributed by atoms with Crippen molar-refractivity contribution in [2.75, 3.05) is 11.4 Å². The van der Waals surface area contributed by atoms with Gasteiger partial charge in [0.05, 0.1) is 0 Å². The molecule has 0 aliphatic carbocycles. The minimum atomic E-state index is -4.49. The summed E-state index contributed by atoms with van der Waals surface area (Å²) >= 11 is 0. The Labute approximate surface area is 138 Å². The summed E-state index contributed by atoms with van der Waals surface area (Å²) in [5.41, 5.74) is -0.911. The smallest absolute Gasteiger partial charge is 0.353 e. The molecule has 1 aliphatic heterocycles. The quantitative estimate of drug-likeness (QED) is 0.845. The Bertz CT molecular complexity index is 695. The van der Waals surface area contributed by atoms with Gasteiger partial charge >= 0.3 is 6.18 Å². The third-order valence-corrected chi connectivity index (χ3v) is 4.52. The van der Waals surface area contributed by atoms with E-state index in [4.69, 9.17) is 0 Å². The highest BCUT2D eigenvalue weighted by Crippen LogP contribution is 2.33. The lowest BCUT2D eigenvalue weighted by Gasteiger charge is -2.38. The number of aromatic nitrogens is 4. The molecule has 1 aliphatic rings. The van der Waals surface area contributed by atoms with Gasteiger partial charge in [-0.1, -0.05) is 13.8 Å². The molecule has 3 heterocycles. The molecule has 0 spiro atoms. The Morgan fingerprint density at radius 3 is 2.79 bits per heavy atom. The molecule has 0 aromatic carbocycles. The van der Waals surface area contributed by atoms with Gasteiger partial charge in [-0.25, -0.2) is 4.98 Å². The van der Waals surface area contributed by atoms with Crippen LogP contribution in [-0.2, 0) is 6.18 Å². The minimum Gasteiger partial charge on any atom is -0.353 e. The van der Waals surface area contributed by atoms with Gasteiger partial charge in [0.1, 0.15) is 12.1 Å². The largest absolute Gasteiger partial charge is 0.433 e. The molecule has 5 nitrogen and oxygen atoms in total. The summed E-state index contributed by atoms with van der Waals surface area (Å²) in [5, 5.41) is 4.08. The number of alkyl halides is 3. The standard InChI is InChI=1S/C16H22F3N5/c1-11(2)6-7-12-5-3-4-8-23(12)14-9-13(16(17,18)19)22-15-20-10-21-24(14)15/h9-12H,3-8H2,1-2H3. The fourth-order valence-electron chi connectivity index (χ4n) is 3.27. The average Bonchev–Trinajstić information content (AvgIpc) is 3.00. The highest BCUT2D eigenvalue weighted by atomic mass is 19.4. The molecule has 0 saturated carbocycles. The maximum atomic E-state index is 13.2. The number of nitrogens with zero attached hydrogens (tertiary/aromatic N) is 5. The molecule has 1 saturated heterocycles. The highest BCUT2D eigenvalue weighted by molar-refractivity contribution is 5.49. The predicted molar refractivity (Wildman–Crippen MR) is 84.8 cm³/mol. The van der Waals surface area contributed by atoms with Gasteiger partial charge in [-0.3, -0.25) is 0 Å². The zero-order valence-corrected chi connectivity index (χ0v) is 13.9. The SMILES string of the molecule is CC(C)CCC1CCCCN1c1cc(C(F)(F)F)nc2ncnn12. The molecule has 3 rings (SSSR count). The summed E-state index contributed by atoms with van der Waals surface area (Å²) in [6.07, 6.45) is 1.85. The van der Waals surface area contributed by atoms with Gasteiger partial charge in [-0.05, 0) is 38.0 Å². The van der Waals surface area contributed by atoms with Crippen LogP contribution in [-0.4, -0.2) is 32.2 Å².